The highest BCUT2D eigenvalue weighted by Crippen LogP contribution is 2.20. The molecule has 8 heteroatoms. The van der Waals surface area contributed by atoms with Gasteiger partial charge in [-0.2, -0.15) is 13.2 Å². The molecule has 0 bridgehead atoms. The lowest BCUT2D eigenvalue weighted by molar-refractivity contribution is -0.0517. The lowest BCUT2D eigenvalue weighted by Crippen LogP contribution is -2.21. The summed E-state index contributed by atoms with van der Waals surface area (Å²) < 4.78 is 58.9. The third kappa shape index (κ3) is 10.0. The second-order valence-electron chi connectivity index (χ2n) is 2.12. The number of halogens is 3. The predicted octanol–water partition coefficient (Wildman–Crippen LogP) is 0.546. The van der Waals surface area contributed by atoms with Gasteiger partial charge in [0.1, 0.15) is 0 Å². The smallest absolute Gasteiger partial charge is 0.485 e. The molecule has 0 aromatic rings. The zero-order chi connectivity index (χ0) is 10.6. The highest BCUT2D eigenvalue weighted by atomic mass is 32.2. The Balaban J connectivity index is 0. The standard InChI is InChI=1S/C3H9S.CHF3O3S/c1-4(2)3;2-1(3,4)8(5,6)7/h1-3H3;(H,5,6,7)/q+1;/p-1. The van der Waals surface area contributed by atoms with E-state index in [1.54, 1.807) is 0 Å². The monoisotopic (exact) mass is 226 g/mol. The van der Waals surface area contributed by atoms with Crippen molar-refractivity contribution in [2.45, 2.75) is 5.51 Å². The van der Waals surface area contributed by atoms with E-state index in [4.69, 9.17) is 13.0 Å². The normalized spacial score (nSPS) is 12.3. The molecular weight excluding hydrogens is 217 g/mol. The third-order valence-corrected chi connectivity index (χ3v) is 0.850. The fourth-order valence-corrected chi connectivity index (χ4v) is 0. The Kier molecular flexibility index (Phi) is 5.98. The van der Waals surface area contributed by atoms with E-state index < -0.39 is 15.6 Å². The van der Waals surface area contributed by atoms with Crippen molar-refractivity contribution >= 4 is 21.0 Å². The van der Waals surface area contributed by atoms with Crippen LogP contribution in [0.25, 0.3) is 0 Å². The Morgan fingerprint density at radius 1 is 1.17 bits per heavy atom. The summed E-state index contributed by atoms with van der Waals surface area (Å²) >= 11 is 0. The van der Waals surface area contributed by atoms with Crippen LogP contribution in [-0.4, -0.2) is 37.2 Å². The number of hydrogen-bond donors (Lipinski definition) is 0. The second kappa shape index (κ2) is 4.93. The minimum absolute atomic E-state index is 0.639. The van der Waals surface area contributed by atoms with Gasteiger partial charge in [0, 0.05) is 0 Å². The molecule has 0 aliphatic rings. The molecule has 0 aliphatic carbocycles. The van der Waals surface area contributed by atoms with Crippen LogP contribution in [0, 0.1) is 0 Å². The summed E-state index contributed by atoms with van der Waals surface area (Å²) in [6, 6.07) is 0. The molecule has 0 rings (SSSR count). The summed E-state index contributed by atoms with van der Waals surface area (Å²) in [6.45, 7) is 0. The molecule has 0 saturated carbocycles. The second-order valence-corrected chi connectivity index (χ2v) is 5.95. The van der Waals surface area contributed by atoms with Crippen LogP contribution in [0.15, 0.2) is 0 Å². The topological polar surface area (TPSA) is 57.2 Å². The number of hydrogen-bond acceptors (Lipinski definition) is 3. The maximum atomic E-state index is 10.7. The van der Waals surface area contributed by atoms with E-state index in [2.05, 4.69) is 18.8 Å². The molecule has 0 aromatic heterocycles. The molecule has 0 heterocycles. The average molecular weight is 226 g/mol. The average Bonchev–Trinajstić information content (AvgIpc) is 1.55. The van der Waals surface area contributed by atoms with Crippen molar-refractivity contribution in [2.75, 3.05) is 18.8 Å². The third-order valence-electron chi connectivity index (χ3n) is 0.283. The zero-order valence-electron chi connectivity index (χ0n) is 6.68. The van der Waals surface area contributed by atoms with Gasteiger partial charge in [0.2, 0.25) is 0 Å². The predicted molar refractivity (Wildman–Crippen MR) is 40.9 cm³/mol. The van der Waals surface area contributed by atoms with Crippen molar-refractivity contribution in [3.8, 4) is 0 Å². The van der Waals surface area contributed by atoms with Crippen molar-refractivity contribution in [3.63, 3.8) is 0 Å². The van der Waals surface area contributed by atoms with Crippen LogP contribution in [-0.2, 0) is 21.0 Å². The first-order valence-corrected chi connectivity index (χ1v) is 6.35. The van der Waals surface area contributed by atoms with Gasteiger partial charge in [-0.15, -0.1) is 0 Å². The summed E-state index contributed by atoms with van der Waals surface area (Å²) in [5.41, 5.74) is -5.65. The molecule has 76 valence electrons. The van der Waals surface area contributed by atoms with Gasteiger partial charge in [-0.05, 0) is 10.9 Å². The summed E-state index contributed by atoms with van der Waals surface area (Å²) in [7, 11) is -5.45. The number of alkyl halides is 3. The zero-order valence-corrected chi connectivity index (χ0v) is 8.31. The molecule has 0 spiro atoms. The fraction of sp³-hybridized carbons (Fsp3) is 1.00. The molecule has 0 atom stereocenters. The van der Waals surface area contributed by atoms with Gasteiger partial charge in [0.05, 0.1) is 18.8 Å². The lowest BCUT2D eigenvalue weighted by atomic mass is 11.6. The van der Waals surface area contributed by atoms with Gasteiger partial charge in [-0.1, -0.05) is 0 Å². The van der Waals surface area contributed by atoms with Gasteiger partial charge >= 0.3 is 5.51 Å². The molecule has 0 N–H and O–H groups in total. The minimum atomic E-state index is -6.09. The van der Waals surface area contributed by atoms with Crippen LogP contribution in [0.1, 0.15) is 0 Å². The van der Waals surface area contributed by atoms with Crippen LogP contribution in [0.5, 0.6) is 0 Å². The Morgan fingerprint density at radius 3 is 1.25 bits per heavy atom. The van der Waals surface area contributed by atoms with Crippen molar-refractivity contribution in [1.29, 1.82) is 0 Å². The molecule has 0 aromatic carbocycles. The first-order chi connectivity index (χ1) is 4.98. The summed E-state index contributed by atoms with van der Waals surface area (Å²) in [4.78, 5) is 0. The van der Waals surface area contributed by atoms with Crippen molar-refractivity contribution in [1.82, 2.24) is 0 Å². The molecular formula is C4H9F3O3S2. The molecule has 0 radical (unpaired) electrons. The van der Waals surface area contributed by atoms with Crippen LogP contribution >= 0.6 is 0 Å². The van der Waals surface area contributed by atoms with E-state index in [0.29, 0.717) is 10.9 Å². The van der Waals surface area contributed by atoms with E-state index in [1.165, 1.54) is 0 Å². The van der Waals surface area contributed by atoms with Gasteiger partial charge in [0.25, 0.3) is 0 Å². The van der Waals surface area contributed by atoms with E-state index in [-0.39, 0.29) is 0 Å². The molecule has 0 aliphatic heterocycles. The van der Waals surface area contributed by atoms with Gasteiger partial charge in [-0.3, -0.25) is 0 Å². The van der Waals surface area contributed by atoms with E-state index in [0.717, 1.165) is 0 Å². The van der Waals surface area contributed by atoms with Gasteiger partial charge in [-0.25, -0.2) is 8.42 Å². The molecule has 0 saturated heterocycles. The Morgan fingerprint density at radius 2 is 1.25 bits per heavy atom. The Labute approximate surface area is 72.1 Å². The quantitative estimate of drug-likeness (QED) is 0.344. The van der Waals surface area contributed by atoms with Crippen LogP contribution in [0.3, 0.4) is 0 Å². The van der Waals surface area contributed by atoms with E-state index >= 15 is 0 Å². The Hall–Kier alpha value is 0.0500. The van der Waals surface area contributed by atoms with Crippen LogP contribution in [0.2, 0.25) is 0 Å². The maximum absolute atomic E-state index is 10.7. The molecule has 0 amide bonds. The van der Waals surface area contributed by atoms with E-state index in [1.807, 2.05) is 0 Å². The van der Waals surface area contributed by atoms with Gasteiger partial charge < -0.3 is 4.55 Å². The maximum Gasteiger partial charge on any atom is 0.485 e. The molecule has 0 unspecified atom stereocenters. The largest absolute Gasteiger partial charge is 0.741 e. The van der Waals surface area contributed by atoms with Crippen molar-refractivity contribution in [3.05, 3.63) is 0 Å². The van der Waals surface area contributed by atoms with Crippen molar-refractivity contribution < 1.29 is 26.1 Å². The van der Waals surface area contributed by atoms with Crippen LogP contribution in [0.4, 0.5) is 13.2 Å². The summed E-state index contributed by atoms with van der Waals surface area (Å²) in [5.74, 6) is 0. The molecule has 12 heavy (non-hydrogen) atoms. The van der Waals surface area contributed by atoms with Crippen molar-refractivity contribution in [2.24, 2.45) is 0 Å². The fourth-order valence-electron chi connectivity index (χ4n) is 0. The summed E-state index contributed by atoms with van der Waals surface area (Å²) in [5, 5.41) is 0. The van der Waals surface area contributed by atoms with E-state index in [9.17, 15) is 13.2 Å². The minimum Gasteiger partial charge on any atom is -0.741 e. The highest BCUT2D eigenvalue weighted by Gasteiger charge is 2.36. The van der Waals surface area contributed by atoms with Crippen LogP contribution < -0.4 is 0 Å². The Bertz CT molecular complexity index is 203. The SMILES string of the molecule is C[S+](C)C.O=S(=O)([O-])C(F)(F)F. The first kappa shape index (κ1) is 14.6. The molecule has 0 fully saturated rings. The highest BCUT2D eigenvalue weighted by molar-refractivity contribution is 7.94. The summed E-state index contributed by atoms with van der Waals surface area (Å²) in [6.07, 6.45) is 6.58. The lowest BCUT2D eigenvalue weighted by Gasteiger charge is -2.08. The molecule has 3 nitrogen and oxygen atoms in total. The number of rotatable bonds is 0. The van der Waals surface area contributed by atoms with Gasteiger partial charge in [0.15, 0.2) is 10.1 Å². The first-order valence-electron chi connectivity index (χ1n) is 2.50.